The third kappa shape index (κ3) is 6.92. The van der Waals surface area contributed by atoms with E-state index >= 15 is 0 Å². The number of hydrogen-bond donors (Lipinski definition) is 1. The molecule has 2 aromatic rings. The first-order valence-corrected chi connectivity index (χ1v) is 8.91. The highest BCUT2D eigenvalue weighted by Crippen LogP contribution is 2.21. The fourth-order valence-electron chi connectivity index (χ4n) is 2.21. The maximum absolute atomic E-state index is 12.3. The van der Waals surface area contributed by atoms with Gasteiger partial charge in [0.15, 0.2) is 6.61 Å². The molecular formula is C20H22ClNO5. The van der Waals surface area contributed by atoms with Crippen LogP contribution in [0.4, 0.5) is 5.69 Å². The number of ether oxygens (including phenoxy) is 3. The van der Waals surface area contributed by atoms with Crippen LogP contribution in [0.5, 0.6) is 5.75 Å². The van der Waals surface area contributed by atoms with Crippen LogP contribution >= 0.6 is 11.6 Å². The summed E-state index contributed by atoms with van der Waals surface area (Å²) >= 11 is 5.92. The molecule has 1 N–H and O–H groups in total. The number of amides is 1. The molecule has 27 heavy (non-hydrogen) atoms. The van der Waals surface area contributed by atoms with Crippen molar-refractivity contribution in [2.45, 2.75) is 13.8 Å². The van der Waals surface area contributed by atoms with Gasteiger partial charge >= 0.3 is 5.97 Å². The highest BCUT2D eigenvalue weighted by atomic mass is 35.5. The average molecular weight is 392 g/mol. The fraction of sp³-hybridized carbons (Fsp3) is 0.300. The first-order chi connectivity index (χ1) is 13.0. The van der Waals surface area contributed by atoms with Crippen LogP contribution in [0.25, 0.3) is 0 Å². The molecule has 2 rings (SSSR count). The molecule has 6 nitrogen and oxygen atoms in total. The lowest BCUT2D eigenvalue weighted by Crippen LogP contribution is -2.17. The monoisotopic (exact) mass is 391 g/mol. The van der Waals surface area contributed by atoms with Crippen LogP contribution in [0, 0.1) is 6.92 Å². The number of rotatable bonds is 9. The van der Waals surface area contributed by atoms with Crippen LogP contribution in [-0.2, 0) is 14.3 Å². The molecule has 0 bridgehead atoms. The van der Waals surface area contributed by atoms with Crippen LogP contribution in [0.15, 0.2) is 42.5 Å². The second-order valence-electron chi connectivity index (χ2n) is 5.64. The fourth-order valence-corrected chi connectivity index (χ4v) is 2.43. The van der Waals surface area contributed by atoms with Gasteiger partial charge in [-0.3, -0.25) is 4.79 Å². The minimum Gasteiger partial charge on any atom is -0.482 e. The van der Waals surface area contributed by atoms with Crippen LogP contribution in [0.1, 0.15) is 22.8 Å². The van der Waals surface area contributed by atoms with E-state index in [0.717, 1.165) is 5.56 Å². The van der Waals surface area contributed by atoms with Crippen molar-refractivity contribution in [2.24, 2.45) is 0 Å². The van der Waals surface area contributed by atoms with Gasteiger partial charge in [0, 0.05) is 22.9 Å². The first-order valence-electron chi connectivity index (χ1n) is 8.53. The number of anilines is 1. The number of carbonyl (C=O) groups excluding carboxylic acids is 2. The number of aryl methyl sites for hydroxylation is 1. The summed E-state index contributed by atoms with van der Waals surface area (Å²) in [5.74, 6) is -0.256. The SMILES string of the molecule is CCOCCOC(=O)COc1ccc(C(=O)Nc2ccc(Cl)cc2C)cc1. The molecule has 0 unspecified atom stereocenters. The van der Waals surface area contributed by atoms with Gasteiger partial charge in [-0.1, -0.05) is 11.6 Å². The van der Waals surface area contributed by atoms with Gasteiger partial charge in [0.1, 0.15) is 12.4 Å². The Morgan fingerprint density at radius 2 is 1.81 bits per heavy atom. The maximum atomic E-state index is 12.3. The van der Waals surface area contributed by atoms with E-state index in [4.69, 9.17) is 25.8 Å². The zero-order chi connectivity index (χ0) is 19.6. The second-order valence-corrected chi connectivity index (χ2v) is 6.08. The van der Waals surface area contributed by atoms with Crippen LogP contribution < -0.4 is 10.1 Å². The van der Waals surface area contributed by atoms with Crippen molar-refractivity contribution < 1.29 is 23.8 Å². The zero-order valence-electron chi connectivity index (χ0n) is 15.3. The smallest absolute Gasteiger partial charge is 0.344 e. The van der Waals surface area contributed by atoms with Gasteiger partial charge < -0.3 is 19.5 Å². The summed E-state index contributed by atoms with van der Waals surface area (Å²) in [6.07, 6.45) is 0. The number of carbonyl (C=O) groups is 2. The van der Waals surface area contributed by atoms with E-state index in [1.54, 1.807) is 42.5 Å². The standard InChI is InChI=1S/C20H22ClNO5/c1-3-25-10-11-26-19(23)13-27-17-7-4-15(5-8-17)20(24)22-18-9-6-16(21)12-14(18)2/h4-9,12H,3,10-11,13H2,1-2H3,(H,22,24). The van der Waals surface area contributed by atoms with Gasteiger partial charge in [-0.2, -0.15) is 0 Å². The Morgan fingerprint density at radius 3 is 2.48 bits per heavy atom. The van der Waals surface area contributed by atoms with Gasteiger partial charge in [0.25, 0.3) is 5.91 Å². The van der Waals surface area contributed by atoms with E-state index in [2.05, 4.69) is 5.32 Å². The lowest BCUT2D eigenvalue weighted by atomic mass is 10.1. The van der Waals surface area contributed by atoms with Crippen molar-refractivity contribution in [3.05, 3.63) is 58.6 Å². The lowest BCUT2D eigenvalue weighted by Gasteiger charge is -2.10. The molecule has 0 aromatic heterocycles. The summed E-state index contributed by atoms with van der Waals surface area (Å²) < 4.78 is 15.4. The van der Waals surface area contributed by atoms with Gasteiger partial charge in [-0.15, -0.1) is 0 Å². The van der Waals surface area contributed by atoms with Gasteiger partial charge in [-0.25, -0.2) is 4.79 Å². The van der Waals surface area contributed by atoms with Crippen LogP contribution in [0.2, 0.25) is 5.02 Å². The third-order valence-corrected chi connectivity index (χ3v) is 3.84. The Bertz CT molecular complexity index is 776. The molecule has 0 aliphatic rings. The first kappa shape index (κ1) is 20.7. The van der Waals surface area contributed by atoms with E-state index in [-0.39, 0.29) is 19.1 Å². The summed E-state index contributed by atoms with van der Waals surface area (Å²) in [4.78, 5) is 23.9. The molecule has 0 spiro atoms. The van der Waals surface area contributed by atoms with Crippen molar-refractivity contribution in [3.8, 4) is 5.75 Å². The molecule has 144 valence electrons. The number of hydrogen-bond acceptors (Lipinski definition) is 5. The Labute approximate surface area is 163 Å². The van der Waals surface area contributed by atoms with Crippen molar-refractivity contribution in [3.63, 3.8) is 0 Å². The molecule has 0 atom stereocenters. The van der Waals surface area contributed by atoms with Gasteiger partial charge in [0.2, 0.25) is 0 Å². The van der Waals surface area contributed by atoms with E-state index in [9.17, 15) is 9.59 Å². The summed E-state index contributed by atoms with van der Waals surface area (Å²) in [6, 6.07) is 11.7. The third-order valence-electron chi connectivity index (χ3n) is 3.60. The molecule has 2 aromatic carbocycles. The van der Waals surface area contributed by atoms with Gasteiger partial charge in [0.05, 0.1) is 6.61 Å². The van der Waals surface area contributed by atoms with Crippen molar-refractivity contribution in [1.29, 1.82) is 0 Å². The van der Waals surface area contributed by atoms with Crippen LogP contribution in [0.3, 0.4) is 0 Å². The van der Waals surface area contributed by atoms with E-state index in [1.807, 2.05) is 13.8 Å². The number of halogens is 1. The Kier molecular flexibility index (Phi) is 8.10. The molecule has 0 aliphatic heterocycles. The van der Waals surface area contributed by atoms with E-state index < -0.39 is 5.97 Å². The van der Waals surface area contributed by atoms with E-state index in [0.29, 0.717) is 35.2 Å². The molecule has 0 saturated heterocycles. The van der Waals surface area contributed by atoms with Crippen LogP contribution in [-0.4, -0.2) is 38.3 Å². The van der Waals surface area contributed by atoms with Crippen molar-refractivity contribution in [2.75, 3.05) is 31.7 Å². The number of nitrogens with one attached hydrogen (secondary N) is 1. The topological polar surface area (TPSA) is 73.9 Å². The normalized spacial score (nSPS) is 10.3. The lowest BCUT2D eigenvalue weighted by molar-refractivity contribution is -0.147. The molecule has 0 saturated carbocycles. The zero-order valence-corrected chi connectivity index (χ0v) is 16.0. The van der Waals surface area contributed by atoms with E-state index in [1.165, 1.54) is 0 Å². The minimum atomic E-state index is -0.477. The highest BCUT2D eigenvalue weighted by molar-refractivity contribution is 6.30. The average Bonchev–Trinajstić information content (AvgIpc) is 2.66. The van der Waals surface area contributed by atoms with Crippen molar-refractivity contribution >= 4 is 29.2 Å². The Hall–Kier alpha value is -2.57. The predicted octanol–water partition coefficient (Wildman–Crippen LogP) is 3.86. The molecule has 0 radical (unpaired) electrons. The largest absolute Gasteiger partial charge is 0.482 e. The molecule has 0 aliphatic carbocycles. The van der Waals surface area contributed by atoms with Gasteiger partial charge in [-0.05, 0) is 61.9 Å². The maximum Gasteiger partial charge on any atom is 0.344 e. The summed E-state index contributed by atoms with van der Waals surface area (Å²) in [6.45, 7) is 4.66. The summed E-state index contributed by atoms with van der Waals surface area (Å²) in [5, 5.41) is 3.45. The molecule has 0 fully saturated rings. The molecule has 1 amide bonds. The summed E-state index contributed by atoms with van der Waals surface area (Å²) in [7, 11) is 0. The van der Waals surface area contributed by atoms with Crippen molar-refractivity contribution in [1.82, 2.24) is 0 Å². The number of esters is 1. The molecule has 7 heteroatoms. The molecular weight excluding hydrogens is 370 g/mol. The number of benzene rings is 2. The minimum absolute atomic E-state index is 0.194. The predicted molar refractivity (Wildman–Crippen MR) is 104 cm³/mol. The Balaban J connectivity index is 1.83. The second kappa shape index (κ2) is 10.5. The molecule has 0 heterocycles. The Morgan fingerprint density at radius 1 is 1.07 bits per heavy atom. The summed E-state index contributed by atoms with van der Waals surface area (Å²) in [5.41, 5.74) is 2.04. The highest BCUT2D eigenvalue weighted by Gasteiger charge is 2.09. The quantitative estimate of drug-likeness (QED) is 0.519.